The second-order valence-electron chi connectivity index (χ2n) is 9.82. The fourth-order valence-corrected chi connectivity index (χ4v) is 4.96. The van der Waals surface area contributed by atoms with Crippen LogP contribution in [-0.4, -0.2) is 45.0 Å². The molecule has 12 heteroatoms. The molecule has 5 rings (SSSR count). The molecule has 10 nitrogen and oxygen atoms in total. The number of aromatic nitrogens is 2. The summed E-state index contributed by atoms with van der Waals surface area (Å²) in [5.74, 6) is -0.415. The van der Waals surface area contributed by atoms with Gasteiger partial charge in [0, 0.05) is 24.5 Å². The van der Waals surface area contributed by atoms with E-state index in [2.05, 4.69) is 20.6 Å². The summed E-state index contributed by atoms with van der Waals surface area (Å²) in [7, 11) is 0. The smallest absolute Gasteiger partial charge is 0.337 e. The number of rotatable bonds is 9. The fourth-order valence-electron chi connectivity index (χ4n) is 4.62. The van der Waals surface area contributed by atoms with Crippen LogP contribution in [0.1, 0.15) is 56.8 Å². The SMILES string of the molecule is O=C(Nc1ccccc1C(=O)O)c1ccc(Oc2ccc(OC3CCC(NC(=O)c4cc(Cl)cnc4Cl)CC3)cc2)nc1. The van der Waals surface area contributed by atoms with Gasteiger partial charge in [0.25, 0.3) is 11.8 Å². The number of carbonyl (C=O) groups excluding carboxylic acids is 2. The number of carboxylic acids is 1. The first-order valence-corrected chi connectivity index (χ1v) is 14.2. The van der Waals surface area contributed by atoms with Crippen molar-refractivity contribution in [3.05, 3.63) is 106 Å². The van der Waals surface area contributed by atoms with Crippen molar-refractivity contribution < 1.29 is 29.0 Å². The molecular formula is C31H26Cl2N4O6. The number of amides is 2. The molecule has 0 radical (unpaired) electrons. The number of nitrogens with zero attached hydrogens (tertiary/aromatic N) is 2. The Morgan fingerprint density at radius 1 is 0.814 bits per heavy atom. The molecule has 0 atom stereocenters. The van der Waals surface area contributed by atoms with E-state index in [0.29, 0.717) is 16.5 Å². The number of ether oxygens (including phenoxy) is 2. The Morgan fingerprint density at radius 3 is 2.23 bits per heavy atom. The third kappa shape index (κ3) is 7.79. The summed E-state index contributed by atoms with van der Waals surface area (Å²) in [4.78, 5) is 44.6. The summed E-state index contributed by atoms with van der Waals surface area (Å²) in [5, 5.41) is 15.4. The number of carboxylic acid groups (broad SMARTS) is 1. The lowest BCUT2D eigenvalue weighted by Gasteiger charge is -2.29. The van der Waals surface area contributed by atoms with E-state index in [9.17, 15) is 19.5 Å². The molecule has 0 aliphatic heterocycles. The molecule has 1 fully saturated rings. The minimum absolute atomic E-state index is 0.00342. The van der Waals surface area contributed by atoms with Gasteiger partial charge in [-0.3, -0.25) is 9.59 Å². The minimum atomic E-state index is -1.14. The second-order valence-corrected chi connectivity index (χ2v) is 10.6. The lowest BCUT2D eigenvalue weighted by Crippen LogP contribution is -2.39. The summed E-state index contributed by atoms with van der Waals surface area (Å²) >= 11 is 12.0. The summed E-state index contributed by atoms with van der Waals surface area (Å²) in [6.07, 6.45) is 5.83. The van der Waals surface area contributed by atoms with Crippen LogP contribution < -0.4 is 20.1 Å². The Balaban J connectivity index is 1.09. The summed E-state index contributed by atoms with van der Waals surface area (Å²) in [6.45, 7) is 0. The number of carbonyl (C=O) groups is 3. The third-order valence-electron chi connectivity index (χ3n) is 6.81. The van der Waals surface area contributed by atoms with Gasteiger partial charge in [0.15, 0.2) is 0 Å². The van der Waals surface area contributed by atoms with E-state index < -0.39 is 11.9 Å². The highest BCUT2D eigenvalue weighted by Gasteiger charge is 2.25. The van der Waals surface area contributed by atoms with Crippen molar-refractivity contribution in [1.29, 1.82) is 0 Å². The molecule has 0 unspecified atom stereocenters. The molecule has 0 saturated heterocycles. The predicted molar refractivity (Wildman–Crippen MR) is 161 cm³/mol. The molecule has 220 valence electrons. The van der Waals surface area contributed by atoms with Crippen LogP contribution in [0.25, 0.3) is 0 Å². The molecule has 2 aromatic carbocycles. The molecule has 4 aromatic rings. The highest BCUT2D eigenvalue weighted by molar-refractivity contribution is 6.34. The highest BCUT2D eigenvalue weighted by atomic mass is 35.5. The van der Waals surface area contributed by atoms with E-state index >= 15 is 0 Å². The number of anilines is 1. The van der Waals surface area contributed by atoms with Crippen LogP contribution in [0.2, 0.25) is 10.2 Å². The molecule has 0 bridgehead atoms. The largest absolute Gasteiger partial charge is 0.490 e. The zero-order valence-electron chi connectivity index (χ0n) is 22.6. The maximum absolute atomic E-state index is 12.6. The number of hydrogen-bond acceptors (Lipinski definition) is 7. The van der Waals surface area contributed by atoms with Gasteiger partial charge >= 0.3 is 5.97 Å². The van der Waals surface area contributed by atoms with Gasteiger partial charge in [-0.1, -0.05) is 35.3 Å². The van der Waals surface area contributed by atoms with Crippen molar-refractivity contribution in [2.24, 2.45) is 0 Å². The number of pyridine rings is 2. The summed E-state index contributed by atoms with van der Waals surface area (Å²) < 4.78 is 11.9. The van der Waals surface area contributed by atoms with Crippen LogP contribution in [0, 0.1) is 0 Å². The van der Waals surface area contributed by atoms with E-state index in [1.807, 2.05) is 0 Å². The van der Waals surface area contributed by atoms with Gasteiger partial charge in [0.1, 0.15) is 16.7 Å². The number of benzene rings is 2. The molecule has 1 aliphatic carbocycles. The standard InChI is InChI=1S/C31H26Cl2N4O6/c32-19-15-25(28(33)35-17-19)30(39)36-20-6-8-21(9-7-20)42-22-10-12-23(13-11-22)43-27-14-5-18(16-34-27)29(38)37-26-4-2-1-3-24(26)31(40)41/h1-5,10-17,20-21H,6-9H2,(H,36,39)(H,37,38)(H,40,41). The average molecular weight is 621 g/mol. The lowest BCUT2D eigenvalue weighted by atomic mass is 9.92. The molecule has 3 N–H and O–H groups in total. The number of halogens is 2. The van der Waals surface area contributed by atoms with Crippen molar-refractivity contribution in [2.75, 3.05) is 5.32 Å². The first-order chi connectivity index (χ1) is 20.7. The first kappa shape index (κ1) is 29.8. The maximum atomic E-state index is 12.6. The molecular weight excluding hydrogens is 595 g/mol. The van der Waals surface area contributed by atoms with Crippen LogP contribution in [0.4, 0.5) is 5.69 Å². The monoisotopic (exact) mass is 620 g/mol. The van der Waals surface area contributed by atoms with Gasteiger partial charge in [-0.15, -0.1) is 0 Å². The lowest BCUT2D eigenvalue weighted by molar-refractivity contribution is 0.0697. The van der Waals surface area contributed by atoms with E-state index in [0.717, 1.165) is 25.7 Å². The zero-order chi connectivity index (χ0) is 30.3. The van der Waals surface area contributed by atoms with Gasteiger partial charge in [-0.05, 0) is 74.2 Å². The Hall–Kier alpha value is -4.67. The van der Waals surface area contributed by atoms with Crippen molar-refractivity contribution >= 4 is 46.7 Å². The fraction of sp³-hybridized carbons (Fsp3) is 0.194. The minimum Gasteiger partial charge on any atom is -0.490 e. The topological polar surface area (TPSA) is 140 Å². The van der Waals surface area contributed by atoms with Crippen molar-refractivity contribution in [1.82, 2.24) is 15.3 Å². The number of aromatic carboxylic acids is 1. The van der Waals surface area contributed by atoms with Gasteiger partial charge in [-0.2, -0.15) is 0 Å². The number of para-hydroxylation sites is 1. The van der Waals surface area contributed by atoms with Gasteiger partial charge < -0.3 is 25.2 Å². The van der Waals surface area contributed by atoms with Crippen LogP contribution in [0.3, 0.4) is 0 Å². The molecule has 1 aliphatic rings. The Labute approximate surface area is 257 Å². The van der Waals surface area contributed by atoms with Crippen LogP contribution in [-0.2, 0) is 0 Å². The van der Waals surface area contributed by atoms with Crippen LogP contribution in [0.5, 0.6) is 17.4 Å². The van der Waals surface area contributed by atoms with E-state index in [4.69, 9.17) is 32.7 Å². The first-order valence-electron chi connectivity index (χ1n) is 13.4. The van der Waals surface area contributed by atoms with Gasteiger partial charge in [0.2, 0.25) is 5.88 Å². The molecule has 2 aromatic heterocycles. The molecule has 2 heterocycles. The Morgan fingerprint density at radius 2 is 1.53 bits per heavy atom. The van der Waals surface area contributed by atoms with E-state index in [1.165, 1.54) is 36.7 Å². The molecule has 1 saturated carbocycles. The van der Waals surface area contributed by atoms with Crippen molar-refractivity contribution in [2.45, 2.75) is 37.8 Å². The molecule has 2 amide bonds. The zero-order valence-corrected chi connectivity index (χ0v) is 24.1. The van der Waals surface area contributed by atoms with Crippen LogP contribution in [0.15, 0.2) is 79.1 Å². The average Bonchev–Trinajstić information content (AvgIpc) is 3.01. The Bertz CT molecular complexity index is 1620. The molecule has 0 spiro atoms. The van der Waals surface area contributed by atoms with Crippen molar-refractivity contribution in [3.63, 3.8) is 0 Å². The van der Waals surface area contributed by atoms with E-state index in [1.54, 1.807) is 42.5 Å². The predicted octanol–water partition coefficient (Wildman–Crippen LogP) is 6.65. The maximum Gasteiger partial charge on any atom is 0.337 e. The van der Waals surface area contributed by atoms with Gasteiger partial charge in [0.05, 0.1) is 33.5 Å². The normalized spacial score (nSPS) is 16.1. The molecule has 43 heavy (non-hydrogen) atoms. The summed E-state index contributed by atoms with van der Waals surface area (Å²) in [6, 6.07) is 17.9. The summed E-state index contributed by atoms with van der Waals surface area (Å²) in [5.41, 5.74) is 0.687. The third-order valence-corrected chi connectivity index (χ3v) is 7.32. The number of nitrogens with one attached hydrogen (secondary N) is 2. The highest BCUT2D eigenvalue weighted by Crippen LogP contribution is 2.28. The quantitative estimate of drug-likeness (QED) is 0.177. The van der Waals surface area contributed by atoms with Gasteiger partial charge in [-0.25, -0.2) is 14.8 Å². The van der Waals surface area contributed by atoms with Crippen LogP contribution >= 0.6 is 23.2 Å². The Kier molecular flexibility index (Phi) is 9.38. The second kappa shape index (κ2) is 13.5. The van der Waals surface area contributed by atoms with Crippen molar-refractivity contribution in [3.8, 4) is 17.4 Å². The number of hydrogen-bond donors (Lipinski definition) is 3. The van der Waals surface area contributed by atoms with E-state index in [-0.39, 0.29) is 51.5 Å².